The summed E-state index contributed by atoms with van der Waals surface area (Å²) >= 11 is 0. The Morgan fingerprint density at radius 2 is 2.55 bits per heavy atom. The van der Waals surface area contributed by atoms with Crippen LogP contribution >= 0.6 is 0 Å². The van der Waals surface area contributed by atoms with Crippen molar-refractivity contribution < 1.29 is 5.21 Å². The van der Waals surface area contributed by atoms with Crippen LogP contribution in [-0.4, -0.2) is 36.1 Å². The minimum atomic E-state index is 0.248. The van der Waals surface area contributed by atoms with E-state index in [1.165, 1.54) is 0 Å². The van der Waals surface area contributed by atoms with Gasteiger partial charge >= 0.3 is 0 Å². The van der Waals surface area contributed by atoms with Gasteiger partial charge in [0.1, 0.15) is 0 Å². The van der Waals surface area contributed by atoms with E-state index in [4.69, 9.17) is 10.9 Å². The Morgan fingerprint density at radius 1 is 1.82 bits per heavy atom. The molecule has 1 heterocycles. The molecule has 0 aromatic carbocycles. The summed E-state index contributed by atoms with van der Waals surface area (Å²) in [6, 6.07) is 0. The molecule has 1 aliphatic heterocycles. The fourth-order valence-corrected chi connectivity index (χ4v) is 1.07. The maximum atomic E-state index is 8.36. The van der Waals surface area contributed by atoms with Crippen molar-refractivity contribution >= 4 is 5.84 Å². The Morgan fingerprint density at radius 3 is 3.00 bits per heavy atom. The third-order valence-electron chi connectivity index (χ3n) is 1.85. The zero-order valence-electron chi connectivity index (χ0n) is 6.62. The molecule has 0 aromatic rings. The molecule has 0 radical (unpaired) electrons. The number of nitrogens with two attached hydrogens (primary N) is 1. The van der Waals surface area contributed by atoms with Crippen LogP contribution in [0.5, 0.6) is 0 Å². The molecule has 0 aromatic heterocycles. The van der Waals surface area contributed by atoms with Gasteiger partial charge in [0.2, 0.25) is 0 Å². The number of oxime groups is 1. The average molecular weight is 155 g/mol. The number of likely N-dealkylation sites (N-methyl/N-ethyl adjacent to an activating group) is 1. The lowest BCUT2D eigenvalue weighted by Crippen LogP contribution is -2.28. The van der Waals surface area contributed by atoms with Crippen LogP contribution in [0.3, 0.4) is 0 Å². The summed E-state index contributed by atoms with van der Waals surface area (Å²) < 4.78 is 0. The third kappa shape index (κ3) is 1.94. The number of amidine groups is 1. The van der Waals surface area contributed by atoms with Crippen molar-refractivity contribution in [1.82, 2.24) is 4.90 Å². The zero-order valence-corrected chi connectivity index (χ0v) is 6.62. The molecule has 0 amide bonds. The lowest BCUT2D eigenvalue weighted by Gasteiger charge is -2.20. The van der Waals surface area contributed by atoms with Gasteiger partial charge < -0.3 is 15.8 Å². The van der Waals surface area contributed by atoms with E-state index in [2.05, 4.69) is 10.1 Å². The second-order valence-corrected chi connectivity index (χ2v) is 2.73. The van der Waals surface area contributed by atoms with E-state index in [1.54, 1.807) is 0 Å². The molecule has 4 nitrogen and oxygen atoms in total. The van der Waals surface area contributed by atoms with Gasteiger partial charge in [-0.1, -0.05) is 11.2 Å². The molecule has 4 heteroatoms. The van der Waals surface area contributed by atoms with E-state index in [0.29, 0.717) is 0 Å². The number of hydrogen-bond donors (Lipinski definition) is 2. The maximum Gasteiger partial charge on any atom is 0.165 e. The average Bonchev–Trinajstić information content (AvgIpc) is 2.05. The van der Waals surface area contributed by atoms with E-state index in [9.17, 15) is 0 Å². The van der Waals surface area contributed by atoms with Gasteiger partial charge in [-0.25, -0.2) is 0 Å². The van der Waals surface area contributed by atoms with E-state index < -0.39 is 0 Å². The molecule has 0 aliphatic carbocycles. The highest BCUT2D eigenvalue weighted by atomic mass is 16.4. The number of hydrogen-bond acceptors (Lipinski definition) is 3. The summed E-state index contributed by atoms with van der Waals surface area (Å²) in [4.78, 5) is 2.17. The fraction of sp³-hybridized carbons (Fsp3) is 0.571. The topological polar surface area (TPSA) is 61.8 Å². The Balaban J connectivity index is 2.61. The summed E-state index contributed by atoms with van der Waals surface area (Å²) in [6.07, 6.45) is 2.85. The lowest BCUT2D eigenvalue weighted by molar-refractivity contribution is 0.317. The van der Waals surface area contributed by atoms with Crippen LogP contribution in [0.1, 0.15) is 6.42 Å². The van der Waals surface area contributed by atoms with Crippen LogP contribution in [0.2, 0.25) is 0 Å². The van der Waals surface area contributed by atoms with E-state index in [0.717, 1.165) is 25.1 Å². The largest absolute Gasteiger partial charge is 0.409 e. The van der Waals surface area contributed by atoms with Gasteiger partial charge in [-0.3, -0.25) is 0 Å². The van der Waals surface area contributed by atoms with Crippen molar-refractivity contribution in [3.05, 3.63) is 11.6 Å². The predicted molar refractivity (Wildman–Crippen MR) is 43.6 cm³/mol. The molecule has 1 rings (SSSR count). The fourth-order valence-electron chi connectivity index (χ4n) is 1.07. The molecule has 0 saturated carbocycles. The quantitative estimate of drug-likeness (QED) is 0.242. The normalized spacial score (nSPS) is 21.5. The van der Waals surface area contributed by atoms with E-state index in [-0.39, 0.29) is 5.84 Å². The van der Waals surface area contributed by atoms with Crippen molar-refractivity contribution in [3.8, 4) is 0 Å². The summed E-state index contributed by atoms with van der Waals surface area (Å²) in [6.45, 7) is 1.85. The first-order valence-corrected chi connectivity index (χ1v) is 3.59. The molecule has 0 fully saturated rings. The first kappa shape index (κ1) is 8.07. The van der Waals surface area contributed by atoms with Crippen molar-refractivity contribution in [1.29, 1.82) is 0 Å². The highest BCUT2D eigenvalue weighted by Crippen LogP contribution is 2.08. The Kier molecular flexibility index (Phi) is 2.48. The zero-order chi connectivity index (χ0) is 8.27. The molecular formula is C7H13N3O. The molecule has 0 unspecified atom stereocenters. The number of rotatable bonds is 1. The first-order valence-electron chi connectivity index (χ1n) is 3.59. The van der Waals surface area contributed by atoms with Gasteiger partial charge in [0, 0.05) is 13.1 Å². The lowest BCUT2D eigenvalue weighted by atomic mass is 10.1. The molecule has 0 saturated heterocycles. The van der Waals surface area contributed by atoms with Gasteiger partial charge in [0.15, 0.2) is 5.84 Å². The Labute approximate surface area is 66.0 Å². The van der Waals surface area contributed by atoms with Gasteiger partial charge in [-0.05, 0) is 19.0 Å². The van der Waals surface area contributed by atoms with Crippen LogP contribution in [0.15, 0.2) is 16.8 Å². The van der Waals surface area contributed by atoms with Crippen molar-refractivity contribution in [2.24, 2.45) is 10.9 Å². The SMILES string of the molecule is CN1CC=C(C(N)=NO)CC1. The van der Waals surface area contributed by atoms with Gasteiger partial charge in [0.05, 0.1) is 0 Å². The number of nitrogens with zero attached hydrogens (tertiary/aromatic N) is 2. The Hall–Kier alpha value is -1.03. The molecule has 0 atom stereocenters. The van der Waals surface area contributed by atoms with Crippen LogP contribution in [0, 0.1) is 0 Å². The highest BCUT2D eigenvalue weighted by Gasteiger charge is 2.10. The van der Waals surface area contributed by atoms with E-state index in [1.807, 2.05) is 13.1 Å². The summed E-state index contributed by atoms with van der Waals surface area (Å²) in [5.41, 5.74) is 6.36. The standard InChI is InChI=1S/C7H13N3O/c1-10-4-2-6(3-5-10)7(8)9-11/h2,11H,3-5H2,1H3,(H2,8,9). The second-order valence-electron chi connectivity index (χ2n) is 2.73. The minimum Gasteiger partial charge on any atom is -0.409 e. The molecule has 0 bridgehead atoms. The first-order chi connectivity index (χ1) is 5.24. The summed E-state index contributed by atoms with van der Waals surface area (Å²) in [5.74, 6) is 0.248. The molecule has 3 N–H and O–H groups in total. The Bertz CT molecular complexity index is 198. The molecule has 11 heavy (non-hydrogen) atoms. The third-order valence-corrected chi connectivity index (χ3v) is 1.85. The van der Waals surface area contributed by atoms with Gasteiger partial charge in [-0.2, -0.15) is 0 Å². The minimum absolute atomic E-state index is 0.248. The second kappa shape index (κ2) is 3.39. The molecule has 0 spiro atoms. The monoisotopic (exact) mass is 155 g/mol. The van der Waals surface area contributed by atoms with Gasteiger partial charge in [-0.15, -0.1) is 0 Å². The molecule has 1 aliphatic rings. The van der Waals surface area contributed by atoms with Gasteiger partial charge in [0.25, 0.3) is 0 Å². The van der Waals surface area contributed by atoms with Crippen molar-refractivity contribution in [3.63, 3.8) is 0 Å². The summed E-state index contributed by atoms with van der Waals surface area (Å²) in [5, 5.41) is 11.3. The van der Waals surface area contributed by atoms with Crippen LogP contribution < -0.4 is 5.73 Å². The van der Waals surface area contributed by atoms with Crippen LogP contribution in [0.25, 0.3) is 0 Å². The predicted octanol–water partition coefficient (Wildman–Crippen LogP) is -0.00530. The van der Waals surface area contributed by atoms with Crippen molar-refractivity contribution in [2.45, 2.75) is 6.42 Å². The molecule has 62 valence electrons. The smallest absolute Gasteiger partial charge is 0.165 e. The maximum absolute atomic E-state index is 8.36. The van der Waals surface area contributed by atoms with Crippen LogP contribution in [-0.2, 0) is 0 Å². The van der Waals surface area contributed by atoms with Crippen LogP contribution in [0.4, 0.5) is 0 Å². The van der Waals surface area contributed by atoms with E-state index >= 15 is 0 Å². The summed E-state index contributed by atoms with van der Waals surface area (Å²) in [7, 11) is 2.04. The van der Waals surface area contributed by atoms with Crippen molar-refractivity contribution in [2.75, 3.05) is 20.1 Å². The highest BCUT2D eigenvalue weighted by molar-refractivity contribution is 5.96. The molecular weight excluding hydrogens is 142 g/mol.